The molecule has 0 spiro atoms. The molecule has 3 aromatic rings. The van der Waals surface area contributed by atoms with Gasteiger partial charge in [0.05, 0.1) is 32.4 Å². The van der Waals surface area contributed by atoms with Crippen LogP contribution in [0.25, 0.3) is 0 Å². The number of carbonyl (C=O) groups is 1. The lowest BCUT2D eigenvalue weighted by molar-refractivity contribution is -0.139. The predicted molar refractivity (Wildman–Crippen MR) is 151 cm³/mol. The number of carboxylic acids is 1. The zero-order valence-corrected chi connectivity index (χ0v) is 23.6. The zero-order valence-electron chi connectivity index (χ0n) is 22.9. The fourth-order valence-electron chi connectivity index (χ4n) is 4.77. The van der Waals surface area contributed by atoms with Gasteiger partial charge in [0, 0.05) is 58.8 Å². The van der Waals surface area contributed by atoms with Crippen molar-refractivity contribution >= 4 is 28.9 Å². The lowest BCUT2D eigenvalue weighted by Gasteiger charge is -2.31. The van der Waals surface area contributed by atoms with Gasteiger partial charge in [-0.25, -0.2) is 4.39 Å². The molecule has 1 aliphatic rings. The Kier molecular flexibility index (Phi) is 9.40. The summed E-state index contributed by atoms with van der Waals surface area (Å²) in [5, 5.41) is 12.3. The van der Waals surface area contributed by atoms with Crippen LogP contribution in [0.2, 0.25) is 5.02 Å². The number of rotatable bonds is 12. The van der Waals surface area contributed by atoms with E-state index in [9.17, 15) is 18.0 Å². The summed E-state index contributed by atoms with van der Waals surface area (Å²) < 4.78 is 73.0. The first kappa shape index (κ1) is 30.8. The number of alkyl halides is 3. The van der Waals surface area contributed by atoms with E-state index in [4.69, 9.17) is 30.9 Å². The monoisotopic (exact) mass is 608 g/mol. The lowest BCUT2D eigenvalue weighted by atomic mass is 10.0. The third-order valence-electron chi connectivity index (χ3n) is 6.79. The van der Waals surface area contributed by atoms with Crippen LogP contribution < -0.4 is 24.4 Å². The normalized spacial score (nSPS) is 13.4. The number of halogens is 5. The van der Waals surface area contributed by atoms with Gasteiger partial charge in [0.2, 0.25) is 0 Å². The van der Waals surface area contributed by atoms with E-state index in [1.165, 1.54) is 32.4 Å². The molecule has 0 radical (unpaired) electrons. The average molecular weight is 609 g/mol. The fourth-order valence-corrected chi connectivity index (χ4v) is 4.93. The van der Waals surface area contributed by atoms with E-state index in [1.54, 1.807) is 23.1 Å². The largest absolute Gasteiger partial charge is 0.497 e. The molecule has 0 bridgehead atoms. The number of hydrogen-bond acceptors (Lipinski definition) is 6. The van der Waals surface area contributed by atoms with Crippen LogP contribution in [0.1, 0.15) is 35.6 Å². The molecule has 0 fully saturated rings. The van der Waals surface area contributed by atoms with Crippen LogP contribution in [0.15, 0.2) is 60.8 Å². The number of aliphatic carboxylic acids is 1. The van der Waals surface area contributed by atoms with Crippen molar-refractivity contribution in [3.05, 3.63) is 88.3 Å². The van der Waals surface area contributed by atoms with Crippen LogP contribution >= 0.6 is 11.6 Å². The summed E-state index contributed by atoms with van der Waals surface area (Å²) in [6, 6.07) is 10.5. The first-order chi connectivity index (χ1) is 19.9. The van der Waals surface area contributed by atoms with Crippen LogP contribution in [-0.2, 0) is 17.4 Å². The molecule has 42 heavy (non-hydrogen) atoms. The van der Waals surface area contributed by atoms with Crippen LogP contribution in [0.4, 0.5) is 28.9 Å². The molecular weight excluding hydrogens is 580 g/mol. The Morgan fingerprint density at radius 3 is 2.50 bits per heavy atom. The summed E-state index contributed by atoms with van der Waals surface area (Å²) in [4.78, 5) is 12.4. The number of nitrogens with one attached hydrogen (secondary N) is 1. The summed E-state index contributed by atoms with van der Waals surface area (Å²) >= 11 is 6.00. The van der Waals surface area contributed by atoms with Gasteiger partial charge in [0.1, 0.15) is 23.1 Å². The van der Waals surface area contributed by atoms with Crippen molar-refractivity contribution in [3.63, 3.8) is 0 Å². The summed E-state index contributed by atoms with van der Waals surface area (Å²) in [7, 11) is 2.64. The van der Waals surface area contributed by atoms with E-state index < -0.39 is 29.6 Å². The van der Waals surface area contributed by atoms with E-state index in [2.05, 4.69) is 11.9 Å². The van der Waals surface area contributed by atoms with Gasteiger partial charge in [0.25, 0.3) is 0 Å². The molecule has 12 heteroatoms. The summed E-state index contributed by atoms with van der Waals surface area (Å²) in [6.07, 6.45) is -4.01. The van der Waals surface area contributed by atoms with Crippen molar-refractivity contribution in [1.29, 1.82) is 0 Å². The molecule has 1 atom stereocenters. The maximum atomic E-state index is 15.3. The van der Waals surface area contributed by atoms with Crippen LogP contribution in [-0.4, -0.2) is 38.4 Å². The summed E-state index contributed by atoms with van der Waals surface area (Å²) in [5.74, 6) is -1.08. The molecule has 4 rings (SSSR count). The predicted octanol–water partition coefficient (Wildman–Crippen LogP) is 7.49. The van der Waals surface area contributed by atoms with E-state index >= 15 is 4.39 Å². The van der Waals surface area contributed by atoms with Crippen molar-refractivity contribution in [1.82, 2.24) is 0 Å². The minimum absolute atomic E-state index is 0.0634. The van der Waals surface area contributed by atoms with Crippen LogP contribution in [0.3, 0.4) is 0 Å². The van der Waals surface area contributed by atoms with Crippen molar-refractivity contribution in [2.45, 2.75) is 31.5 Å². The van der Waals surface area contributed by atoms with Gasteiger partial charge >= 0.3 is 12.1 Å². The smallest absolute Gasteiger partial charge is 0.420 e. The highest BCUT2D eigenvalue weighted by Gasteiger charge is 2.38. The Morgan fingerprint density at radius 2 is 1.86 bits per heavy atom. The standard InChI is InChI=1S/C30H29ClF4N2O5/c1-17(37-9-8-18-11-27(41-3)24(16-26(18)37)30(33,34)35)29(23-7-6-19(31)12-25(23)32)36-20-13-21(40-2)15-22(14-20)42-10-4-5-28(38)39/h6-7,11-16,29,36H,1,4-5,8-10H2,2-3H3,(H,38,39). The highest BCUT2D eigenvalue weighted by molar-refractivity contribution is 6.30. The second kappa shape index (κ2) is 12.8. The average Bonchev–Trinajstić information content (AvgIpc) is 3.35. The van der Waals surface area contributed by atoms with Gasteiger partial charge < -0.3 is 29.5 Å². The fraction of sp³-hybridized carbons (Fsp3) is 0.300. The Bertz CT molecular complexity index is 1480. The Balaban J connectivity index is 1.72. The number of benzene rings is 3. The molecule has 0 saturated heterocycles. The maximum absolute atomic E-state index is 15.3. The molecule has 7 nitrogen and oxygen atoms in total. The molecule has 0 saturated carbocycles. The Hall–Kier alpha value is -4.12. The number of methoxy groups -OCH3 is 2. The van der Waals surface area contributed by atoms with Crippen LogP contribution in [0, 0.1) is 5.82 Å². The van der Waals surface area contributed by atoms with E-state index in [-0.39, 0.29) is 35.8 Å². The second-order valence-electron chi connectivity index (χ2n) is 9.56. The number of nitrogens with zero attached hydrogens (tertiary/aromatic N) is 1. The number of fused-ring (bicyclic) bond motifs is 1. The van der Waals surface area contributed by atoms with Crippen LogP contribution in [0.5, 0.6) is 17.2 Å². The first-order valence-corrected chi connectivity index (χ1v) is 13.3. The first-order valence-electron chi connectivity index (χ1n) is 12.9. The number of hydrogen-bond donors (Lipinski definition) is 2. The third kappa shape index (κ3) is 7.02. The maximum Gasteiger partial charge on any atom is 0.420 e. The van der Waals surface area contributed by atoms with Crippen molar-refractivity contribution in [2.24, 2.45) is 0 Å². The van der Waals surface area contributed by atoms with Gasteiger partial charge in [-0.15, -0.1) is 0 Å². The van der Waals surface area contributed by atoms with E-state index in [0.29, 0.717) is 47.1 Å². The zero-order chi connectivity index (χ0) is 30.6. The lowest BCUT2D eigenvalue weighted by Crippen LogP contribution is -2.28. The SMILES string of the molecule is C=C(C(Nc1cc(OC)cc(OCCCC(=O)O)c1)c1ccc(Cl)cc1F)N1CCc2cc(OC)c(C(F)(F)F)cc21. The van der Waals surface area contributed by atoms with Gasteiger partial charge in [-0.05, 0) is 42.7 Å². The molecule has 1 heterocycles. The van der Waals surface area contributed by atoms with Crippen molar-refractivity contribution in [2.75, 3.05) is 37.6 Å². The minimum atomic E-state index is -4.66. The number of carboxylic acid groups (broad SMARTS) is 1. The highest BCUT2D eigenvalue weighted by atomic mass is 35.5. The molecule has 0 aliphatic carbocycles. The summed E-state index contributed by atoms with van der Waals surface area (Å²) in [6.45, 7) is 4.62. The molecule has 1 unspecified atom stereocenters. The third-order valence-corrected chi connectivity index (χ3v) is 7.02. The molecule has 3 aromatic carbocycles. The van der Waals surface area contributed by atoms with Gasteiger partial charge in [0.15, 0.2) is 0 Å². The molecule has 0 aromatic heterocycles. The second-order valence-corrected chi connectivity index (χ2v) is 9.99. The van der Waals surface area contributed by atoms with Gasteiger partial charge in [-0.2, -0.15) is 13.2 Å². The quantitative estimate of drug-likeness (QED) is 0.163. The van der Waals surface area contributed by atoms with Gasteiger partial charge in [-0.1, -0.05) is 24.2 Å². The molecule has 0 amide bonds. The van der Waals surface area contributed by atoms with E-state index in [0.717, 1.165) is 12.1 Å². The van der Waals surface area contributed by atoms with Crippen molar-refractivity contribution in [3.8, 4) is 17.2 Å². The highest BCUT2D eigenvalue weighted by Crippen LogP contribution is 2.45. The van der Waals surface area contributed by atoms with Gasteiger partial charge in [-0.3, -0.25) is 4.79 Å². The molecule has 224 valence electrons. The molecule has 1 aliphatic heterocycles. The Labute approximate surface area is 245 Å². The topological polar surface area (TPSA) is 80.3 Å². The van der Waals surface area contributed by atoms with E-state index in [1.807, 2.05) is 0 Å². The summed E-state index contributed by atoms with van der Waals surface area (Å²) in [5.41, 5.74) is 0.891. The Morgan fingerprint density at radius 1 is 1.12 bits per heavy atom. The van der Waals surface area contributed by atoms with Crippen molar-refractivity contribution < 1.29 is 41.7 Å². The number of ether oxygens (including phenoxy) is 3. The number of anilines is 2. The minimum Gasteiger partial charge on any atom is -0.497 e. The molecular formula is C30H29ClF4N2O5. The molecule has 2 N–H and O–H groups in total.